The summed E-state index contributed by atoms with van der Waals surface area (Å²) in [5, 5.41) is 12.6. The van der Waals surface area contributed by atoms with Gasteiger partial charge in [-0.2, -0.15) is 0 Å². The predicted octanol–water partition coefficient (Wildman–Crippen LogP) is 4.24. The van der Waals surface area contributed by atoms with Crippen molar-refractivity contribution in [2.75, 3.05) is 13.2 Å². The SMILES string of the molecule is CCOc1cc(/C=C2\NC(=S)N(CCCC(=O)O)C2=O)ccc1OCc1ccc(Cl)cc1. The van der Waals surface area contributed by atoms with Gasteiger partial charge in [-0.15, -0.1) is 0 Å². The Hall–Kier alpha value is -3.10. The van der Waals surface area contributed by atoms with E-state index < -0.39 is 5.97 Å². The lowest BCUT2D eigenvalue weighted by Crippen LogP contribution is -2.31. The molecule has 32 heavy (non-hydrogen) atoms. The highest BCUT2D eigenvalue weighted by atomic mass is 35.5. The fourth-order valence-electron chi connectivity index (χ4n) is 3.07. The zero-order valence-corrected chi connectivity index (χ0v) is 19.0. The number of amides is 1. The van der Waals surface area contributed by atoms with Gasteiger partial charge in [-0.05, 0) is 67.0 Å². The van der Waals surface area contributed by atoms with Crippen LogP contribution in [0.1, 0.15) is 30.9 Å². The van der Waals surface area contributed by atoms with Crippen LogP contribution in [0, 0.1) is 0 Å². The summed E-state index contributed by atoms with van der Waals surface area (Å²) in [5.74, 6) is -0.0582. The number of carbonyl (C=O) groups excluding carboxylic acids is 1. The van der Waals surface area contributed by atoms with E-state index in [-0.39, 0.29) is 24.0 Å². The number of carbonyl (C=O) groups is 2. The van der Waals surface area contributed by atoms with E-state index in [9.17, 15) is 9.59 Å². The summed E-state index contributed by atoms with van der Waals surface area (Å²) in [6.45, 7) is 2.94. The van der Waals surface area contributed by atoms with Gasteiger partial charge in [-0.1, -0.05) is 29.8 Å². The average Bonchev–Trinajstić information content (AvgIpc) is 3.01. The first-order valence-electron chi connectivity index (χ1n) is 10.1. The highest BCUT2D eigenvalue weighted by Crippen LogP contribution is 2.30. The number of hydrogen-bond donors (Lipinski definition) is 2. The Labute approximate surface area is 196 Å². The van der Waals surface area contributed by atoms with Crippen LogP contribution in [0.4, 0.5) is 0 Å². The first kappa shape index (κ1) is 23.6. The Morgan fingerprint density at radius 2 is 1.94 bits per heavy atom. The van der Waals surface area contributed by atoms with Crippen molar-refractivity contribution >= 4 is 46.9 Å². The van der Waals surface area contributed by atoms with Gasteiger partial charge in [0.25, 0.3) is 5.91 Å². The molecule has 1 aliphatic rings. The van der Waals surface area contributed by atoms with Gasteiger partial charge in [0.05, 0.1) is 6.61 Å². The van der Waals surface area contributed by atoms with Crippen molar-refractivity contribution in [3.63, 3.8) is 0 Å². The molecule has 7 nitrogen and oxygen atoms in total. The molecular weight excluding hydrogens is 452 g/mol. The second-order valence-electron chi connectivity index (χ2n) is 7.00. The molecule has 0 atom stereocenters. The van der Waals surface area contributed by atoms with Gasteiger partial charge < -0.3 is 19.9 Å². The number of ether oxygens (including phenoxy) is 2. The minimum Gasteiger partial charge on any atom is -0.490 e. The fraction of sp³-hybridized carbons (Fsp3) is 0.261. The maximum atomic E-state index is 12.7. The van der Waals surface area contributed by atoms with Crippen LogP contribution >= 0.6 is 23.8 Å². The standard InChI is InChI=1S/C23H23ClN2O5S/c1-2-30-20-13-16(7-10-19(20)31-14-15-5-8-17(24)9-6-15)12-18-22(29)26(23(32)25-18)11-3-4-21(27)28/h5-10,12-13H,2-4,11,14H2,1H3,(H,25,32)(H,27,28)/b18-12-. The lowest BCUT2D eigenvalue weighted by molar-refractivity contribution is -0.137. The summed E-state index contributed by atoms with van der Waals surface area (Å²) in [5.41, 5.74) is 2.03. The molecule has 0 spiro atoms. The Kier molecular flexibility index (Phi) is 8.08. The van der Waals surface area contributed by atoms with Crippen LogP contribution in [0.25, 0.3) is 6.08 Å². The third-order valence-electron chi connectivity index (χ3n) is 4.62. The van der Waals surface area contributed by atoms with E-state index in [1.807, 2.05) is 25.1 Å². The van der Waals surface area contributed by atoms with E-state index in [0.29, 0.717) is 41.9 Å². The quantitative estimate of drug-likeness (QED) is 0.393. The Morgan fingerprint density at radius 3 is 2.62 bits per heavy atom. The lowest BCUT2D eigenvalue weighted by Gasteiger charge is -2.13. The van der Waals surface area contributed by atoms with E-state index in [1.165, 1.54) is 4.90 Å². The lowest BCUT2D eigenvalue weighted by atomic mass is 10.1. The van der Waals surface area contributed by atoms with Crippen molar-refractivity contribution in [3.05, 3.63) is 64.3 Å². The number of nitrogens with one attached hydrogen (secondary N) is 1. The van der Waals surface area contributed by atoms with Crippen LogP contribution in [0.2, 0.25) is 5.02 Å². The van der Waals surface area contributed by atoms with Crippen molar-refractivity contribution in [3.8, 4) is 11.5 Å². The number of carboxylic acids is 1. The van der Waals surface area contributed by atoms with Gasteiger partial charge in [0.2, 0.25) is 0 Å². The first-order chi connectivity index (χ1) is 15.4. The molecule has 0 aromatic heterocycles. The van der Waals surface area contributed by atoms with Gasteiger partial charge in [0.15, 0.2) is 16.6 Å². The van der Waals surface area contributed by atoms with E-state index in [4.69, 9.17) is 38.4 Å². The maximum absolute atomic E-state index is 12.7. The molecule has 1 fully saturated rings. The van der Waals surface area contributed by atoms with Crippen LogP contribution in [-0.2, 0) is 16.2 Å². The number of nitrogens with zero attached hydrogens (tertiary/aromatic N) is 1. The third-order valence-corrected chi connectivity index (χ3v) is 5.20. The van der Waals surface area contributed by atoms with Crippen molar-refractivity contribution in [1.29, 1.82) is 0 Å². The number of aliphatic carboxylic acids is 1. The predicted molar refractivity (Wildman–Crippen MR) is 126 cm³/mol. The smallest absolute Gasteiger partial charge is 0.303 e. The molecule has 0 radical (unpaired) electrons. The summed E-state index contributed by atoms with van der Waals surface area (Å²) < 4.78 is 11.6. The van der Waals surface area contributed by atoms with Gasteiger partial charge >= 0.3 is 5.97 Å². The zero-order chi connectivity index (χ0) is 23.1. The van der Waals surface area contributed by atoms with Crippen molar-refractivity contribution < 1.29 is 24.2 Å². The Bertz CT molecular complexity index is 1040. The monoisotopic (exact) mass is 474 g/mol. The average molecular weight is 475 g/mol. The molecular formula is C23H23ClN2O5S. The second-order valence-corrected chi connectivity index (χ2v) is 7.82. The molecule has 0 aliphatic carbocycles. The molecule has 0 bridgehead atoms. The summed E-state index contributed by atoms with van der Waals surface area (Å²) in [6.07, 6.45) is 1.97. The highest BCUT2D eigenvalue weighted by molar-refractivity contribution is 7.80. The Balaban J connectivity index is 1.72. The number of rotatable bonds is 10. The molecule has 1 amide bonds. The molecule has 0 unspecified atom stereocenters. The third kappa shape index (κ3) is 6.21. The molecule has 1 saturated heterocycles. The minimum absolute atomic E-state index is 0.0271. The molecule has 168 valence electrons. The summed E-state index contributed by atoms with van der Waals surface area (Å²) >= 11 is 11.1. The molecule has 2 aromatic carbocycles. The first-order valence-corrected chi connectivity index (χ1v) is 10.9. The van der Waals surface area contributed by atoms with Gasteiger partial charge in [0.1, 0.15) is 12.3 Å². The maximum Gasteiger partial charge on any atom is 0.303 e. The number of benzene rings is 2. The fourth-order valence-corrected chi connectivity index (χ4v) is 3.48. The molecule has 9 heteroatoms. The number of halogens is 1. The zero-order valence-electron chi connectivity index (χ0n) is 17.5. The summed E-state index contributed by atoms with van der Waals surface area (Å²) in [7, 11) is 0. The largest absolute Gasteiger partial charge is 0.490 e. The van der Waals surface area contributed by atoms with Gasteiger partial charge in [0, 0.05) is 18.0 Å². The molecule has 1 aliphatic heterocycles. The van der Waals surface area contributed by atoms with Gasteiger partial charge in [-0.3, -0.25) is 14.5 Å². The van der Waals surface area contributed by atoms with Crippen LogP contribution < -0.4 is 14.8 Å². The molecule has 2 N–H and O–H groups in total. The van der Waals surface area contributed by atoms with E-state index >= 15 is 0 Å². The molecule has 1 heterocycles. The Morgan fingerprint density at radius 1 is 1.19 bits per heavy atom. The minimum atomic E-state index is -0.909. The van der Waals surface area contributed by atoms with Crippen molar-refractivity contribution in [1.82, 2.24) is 10.2 Å². The topological polar surface area (TPSA) is 88.1 Å². The second kappa shape index (κ2) is 11.0. The van der Waals surface area contributed by atoms with E-state index in [2.05, 4.69) is 5.32 Å². The molecule has 2 aromatic rings. The highest BCUT2D eigenvalue weighted by Gasteiger charge is 2.30. The van der Waals surface area contributed by atoms with Crippen molar-refractivity contribution in [2.45, 2.75) is 26.4 Å². The van der Waals surface area contributed by atoms with Crippen LogP contribution in [0.15, 0.2) is 48.2 Å². The van der Waals surface area contributed by atoms with E-state index in [0.717, 1.165) is 11.1 Å². The van der Waals surface area contributed by atoms with E-state index in [1.54, 1.807) is 30.3 Å². The summed E-state index contributed by atoms with van der Waals surface area (Å²) in [4.78, 5) is 24.7. The number of hydrogen-bond acceptors (Lipinski definition) is 5. The van der Waals surface area contributed by atoms with Crippen LogP contribution in [-0.4, -0.2) is 40.1 Å². The summed E-state index contributed by atoms with van der Waals surface area (Å²) in [6, 6.07) is 12.8. The number of carboxylic acid groups (broad SMARTS) is 1. The van der Waals surface area contributed by atoms with Crippen molar-refractivity contribution in [2.24, 2.45) is 0 Å². The van der Waals surface area contributed by atoms with Gasteiger partial charge in [-0.25, -0.2) is 0 Å². The molecule has 0 saturated carbocycles. The normalized spacial score (nSPS) is 14.6. The molecule has 3 rings (SSSR count). The van der Waals surface area contributed by atoms with Crippen LogP contribution in [0.3, 0.4) is 0 Å². The number of thiocarbonyl (C=S) groups is 1. The van der Waals surface area contributed by atoms with Crippen LogP contribution in [0.5, 0.6) is 11.5 Å².